The van der Waals surface area contributed by atoms with Crippen molar-refractivity contribution in [2.45, 2.75) is 39.2 Å². The van der Waals surface area contributed by atoms with E-state index in [2.05, 4.69) is 0 Å². The van der Waals surface area contributed by atoms with Crippen molar-refractivity contribution in [3.05, 3.63) is 29.6 Å². The second kappa shape index (κ2) is 9.31. The Hall–Kier alpha value is -1.62. The average Bonchev–Trinajstić information content (AvgIpc) is 2.44. The number of halogens is 1. The van der Waals surface area contributed by atoms with Gasteiger partial charge in [-0.3, -0.25) is 4.79 Å². The lowest BCUT2D eigenvalue weighted by Gasteiger charge is -2.10. The number of ether oxygens (including phenoxy) is 2. The summed E-state index contributed by atoms with van der Waals surface area (Å²) < 4.78 is 23.7. The molecule has 0 heterocycles. The van der Waals surface area contributed by atoms with Gasteiger partial charge in [-0.05, 0) is 32.3 Å². The number of rotatable bonds is 9. The molecule has 0 fully saturated rings. The van der Waals surface area contributed by atoms with Crippen LogP contribution < -0.4 is 4.74 Å². The van der Waals surface area contributed by atoms with Gasteiger partial charge in [-0.15, -0.1) is 0 Å². The lowest BCUT2D eigenvalue weighted by atomic mass is 10.2. The highest BCUT2D eigenvalue weighted by Gasteiger charge is 2.08. The third-order valence-corrected chi connectivity index (χ3v) is 2.80. The van der Waals surface area contributed by atoms with E-state index in [4.69, 9.17) is 14.6 Å². The molecule has 1 N–H and O–H groups in total. The van der Waals surface area contributed by atoms with Gasteiger partial charge in [0, 0.05) is 12.0 Å². The maximum atomic E-state index is 13.5. The molecular weight excluding hydrogens is 263 g/mol. The molecule has 0 saturated carbocycles. The minimum absolute atomic E-state index is 0.111. The fourth-order valence-corrected chi connectivity index (χ4v) is 1.80. The van der Waals surface area contributed by atoms with E-state index in [-0.39, 0.29) is 18.3 Å². The van der Waals surface area contributed by atoms with Crippen LogP contribution in [0.15, 0.2) is 18.2 Å². The van der Waals surface area contributed by atoms with Crippen LogP contribution in [0.4, 0.5) is 4.39 Å². The van der Waals surface area contributed by atoms with E-state index in [0.29, 0.717) is 25.2 Å². The van der Waals surface area contributed by atoms with Crippen LogP contribution in [0.1, 0.15) is 38.2 Å². The van der Waals surface area contributed by atoms with Crippen LogP contribution in [0.25, 0.3) is 0 Å². The van der Waals surface area contributed by atoms with Gasteiger partial charge >= 0.3 is 5.97 Å². The summed E-state index contributed by atoms with van der Waals surface area (Å²) in [5.74, 6) is -0.548. The van der Waals surface area contributed by atoms with Gasteiger partial charge in [-0.2, -0.15) is 0 Å². The number of benzene rings is 1. The van der Waals surface area contributed by atoms with Crippen LogP contribution in [0.3, 0.4) is 0 Å². The first-order chi connectivity index (χ1) is 9.69. The number of para-hydroxylation sites is 1. The third-order valence-electron chi connectivity index (χ3n) is 2.80. The smallest absolute Gasteiger partial charge is 0.305 e. The number of aliphatic hydroxyl groups is 1. The maximum Gasteiger partial charge on any atom is 0.305 e. The molecule has 0 spiro atoms. The Bertz CT molecular complexity index is 420. The fraction of sp³-hybridized carbons (Fsp3) is 0.533. The second-order valence-corrected chi connectivity index (χ2v) is 4.35. The minimum atomic E-state index is -0.469. The van der Waals surface area contributed by atoms with Crippen LogP contribution in [-0.4, -0.2) is 24.3 Å². The summed E-state index contributed by atoms with van der Waals surface area (Å²) in [7, 11) is 0. The lowest BCUT2D eigenvalue weighted by molar-refractivity contribution is -0.143. The van der Waals surface area contributed by atoms with Gasteiger partial charge in [0.25, 0.3) is 0 Å². The Morgan fingerprint density at radius 1 is 1.30 bits per heavy atom. The van der Waals surface area contributed by atoms with Gasteiger partial charge in [0.1, 0.15) is 0 Å². The van der Waals surface area contributed by atoms with E-state index in [9.17, 15) is 9.18 Å². The number of aliphatic hydroxyl groups excluding tert-OH is 1. The van der Waals surface area contributed by atoms with Crippen LogP contribution in [0, 0.1) is 5.82 Å². The zero-order valence-corrected chi connectivity index (χ0v) is 11.7. The highest BCUT2D eigenvalue weighted by Crippen LogP contribution is 2.22. The number of esters is 1. The first-order valence-electron chi connectivity index (χ1n) is 6.85. The number of carbonyl (C=O) groups excluding carboxylic acids is 1. The normalized spacial score (nSPS) is 10.3. The van der Waals surface area contributed by atoms with Crippen molar-refractivity contribution in [3.63, 3.8) is 0 Å². The number of hydrogen-bond acceptors (Lipinski definition) is 4. The van der Waals surface area contributed by atoms with Gasteiger partial charge in [-0.1, -0.05) is 12.1 Å². The standard InChI is InChI=1S/C15H21FO4/c1-2-19-14(18)9-4-3-5-10-20-15-12(11-17)7-6-8-13(15)16/h6-8,17H,2-5,9-11H2,1H3. The molecule has 20 heavy (non-hydrogen) atoms. The molecule has 0 aliphatic heterocycles. The molecule has 0 aliphatic rings. The van der Waals surface area contributed by atoms with Crippen molar-refractivity contribution in [2.75, 3.05) is 13.2 Å². The van der Waals surface area contributed by atoms with Crippen molar-refractivity contribution in [1.29, 1.82) is 0 Å². The Balaban J connectivity index is 2.23. The van der Waals surface area contributed by atoms with E-state index < -0.39 is 5.82 Å². The molecular formula is C15H21FO4. The van der Waals surface area contributed by atoms with Crippen molar-refractivity contribution in [3.8, 4) is 5.75 Å². The summed E-state index contributed by atoms with van der Waals surface area (Å²) in [6.45, 7) is 2.28. The predicted molar refractivity (Wildman–Crippen MR) is 72.9 cm³/mol. The van der Waals surface area contributed by atoms with Crippen molar-refractivity contribution in [2.24, 2.45) is 0 Å². The molecule has 0 bridgehead atoms. The first-order valence-corrected chi connectivity index (χ1v) is 6.85. The van der Waals surface area contributed by atoms with E-state index in [1.165, 1.54) is 12.1 Å². The van der Waals surface area contributed by atoms with E-state index in [1.54, 1.807) is 13.0 Å². The second-order valence-electron chi connectivity index (χ2n) is 4.35. The first kappa shape index (κ1) is 16.4. The molecule has 0 aromatic heterocycles. The van der Waals surface area contributed by atoms with Crippen molar-refractivity contribution < 1.29 is 23.8 Å². The third kappa shape index (κ3) is 5.57. The summed E-state index contributed by atoms with van der Waals surface area (Å²) in [5, 5.41) is 9.10. The van der Waals surface area contributed by atoms with Gasteiger partial charge in [0.2, 0.25) is 0 Å². The molecule has 0 atom stereocenters. The summed E-state index contributed by atoms with van der Waals surface area (Å²) in [5.41, 5.74) is 0.441. The van der Waals surface area contributed by atoms with E-state index in [1.807, 2.05) is 0 Å². The molecule has 1 aromatic carbocycles. The van der Waals surface area contributed by atoms with E-state index >= 15 is 0 Å². The van der Waals surface area contributed by atoms with E-state index in [0.717, 1.165) is 19.3 Å². The largest absolute Gasteiger partial charge is 0.490 e. The molecule has 0 amide bonds. The molecule has 1 aromatic rings. The summed E-state index contributed by atoms with van der Waals surface area (Å²) in [6.07, 6.45) is 2.65. The van der Waals surface area contributed by atoms with Crippen molar-refractivity contribution in [1.82, 2.24) is 0 Å². The molecule has 112 valence electrons. The Labute approximate surface area is 118 Å². The summed E-state index contributed by atoms with van der Waals surface area (Å²) in [4.78, 5) is 11.1. The number of carbonyl (C=O) groups is 1. The Morgan fingerprint density at radius 3 is 2.80 bits per heavy atom. The van der Waals surface area contributed by atoms with Crippen molar-refractivity contribution >= 4 is 5.97 Å². The molecule has 4 nitrogen and oxygen atoms in total. The highest BCUT2D eigenvalue weighted by atomic mass is 19.1. The monoisotopic (exact) mass is 284 g/mol. The highest BCUT2D eigenvalue weighted by molar-refractivity contribution is 5.69. The van der Waals surface area contributed by atoms with Crippen LogP contribution in [0.2, 0.25) is 0 Å². The lowest BCUT2D eigenvalue weighted by Crippen LogP contribution is -2.05. The van der Waals surface area contributed by atoms with Gasteiger partial charge in [-0.25, -0.2) is 4.39 Å². The summed E-state index contributed by atoms with van der Waals surface area (Å²) in [6, 6.07) is 4.46. The molecule has 5 heteroatoms. The number of unbranched alkanes of at least 4 members (excludes halogenated alkanes) is 2. The Kier molecular flexibility index (Phi) is 7.65. The zero-order valence-electron chi connectivity index (χ0n) is 11.7. The molecule has 0 aliphatic carbocycles. The van der Waals surface area contributed by atoms with Crippen LogP contribution in [0.5, 0.6) is 5.75 Å². The fourth-order valence-electron chi connectivity index (χ4n) is 1.80. The summed E-state index contributed by atoms with van der Waals surface area (Å²) >= 11 is 0. The van der Waals surface area contributed by atoms with Crippen LogP contribution in [-0.2, 0) is 16.1 Å². The maximum absolute atomic E-state index is 13.5. The quantitative estimate of drug-likeness (QED) is 0.559. The average molecular weight is 284 g/mol. The van der Waals surface area contributed by atoms with Gasteiger partial charge in [0.05, 0.1) is 19.8 Å². The molecule has 0 saturated heterocycles. The van der Waals surface area contributed by atoms with Gasteiger partial charge < -0.3 is 14.6 Å². The topological polar surface area (TPSA) is 55.8 Å². The minimum Gasteiger partial charge on any atom is -0.490 e. The molecule has 1 rings (SSSR count). The van der Waals surface area contributed by atoms with Crippen LogP contribution >= 0.6 is 0 Å². The van der Waals surface area contributed by atoms with Gasteiger partial charge in [0.15, 0.2) is 11.6 Å². The molecule has 0 unspecified atom stereocenters. The zero-order chi connectivity index (χ0) is 14.8. The SMILES string of the molecule is CCOC(=O)CCCCCOc1c(F)cccc1CO. The molecule has 0 radical (unpaired) electrons. The predicted octanol–water partition coefficient (Wildman–Crippen LogP) is 2.82. The number of hydrogen-bond donors (Lipinski definition) is 1. The Morgan fingerprint density at radius 2 is 2.10 bits per heavy atom.